The average Bonchev–Trinajstić information content (AvgIpc) is 2.54. The maximum atomic E-state index is 11.6. The number of rotatable bonds is 4. The van der Waals surface area contributed by atoms with Crippen LogP contribution in [-0.4, -0.2) is 39.2 Å². The number of nitrogens with one attached hydrogen (secondary N) is 2. The summed E-state index contributed by atoms with van der Waals surface area (Å²) in [5, 5.41) is 20.3. The van der Waals surface area contributed by atoms with Gasteiger partial charge in [0.15, 0.2) is 6.04 Å². The third-order valence-electron chi connectivity index (χ3n) is 2.00. The van der Waals surface area contributed by atoms with Gasteiger partial charge in [0.25, 0.3) is 5.91 Å². The van der Waals surface area contributed by atoms with Gasteiger partial charge in [-0.25, -0.2) is 4.79 Å². The molecule has 0 aliphatic heterocycles. The molecule has 6 nitrogen and oxygen atoms in total. The topological polar surface area (TPSA) is 102 Å². The standard InChI is InChI=1S/C9H10Cl2N2O4/c1-3(14)6(9(16)17)13-8(15)5-2-4(10)7(11)12-5/h2-3,6,12,14H,1H3,(H,13,15)(H,16,17). The van der Waals surface area contributed by atoms with E-state index in [0.29, 0.717) is 0 Å². The van der Waals surface area contributed by atoms with E-state index in [2.05, 4.69) is 10.3 Å². The Morgan fingerprint density at radius 3 is 2.41 bits per heavy atom. The van der Waals surface area contributed by atoms with E-state index in [0.717, 1.165) is 0 Å². The van der Waals surface area contributed by atoms with E-state index in [4.69, 9.17) is 28.3 Å². The van der Waals surface area contributed by atoms with Crippen LogP contribution in [0.2, 0.25) is 10.2 Å². The molecule has 0 spiro atoms. The van der Waals surface area contributed by atoms with Gasteiger partial charge in [-0.2, -0.15) is 0 Å². The fourth-order valence-electron chi connectivity index (χ4n) is 1.13. The number of amides is 1. The van der Waals surface area contributed by atoms with Gasteiger partial charge in [0.05, 0.1) is 11.1 Å². The number of aliphatic carboxylic acids is 1. The lowest BCUT2D eigenvalue weighted by molar-refractivity contribution is -0.141. The largest absolute Gasteiger partial charge is 0.480 e. The number of hydrogen-bond donors (Lipinski definition) is 4. The number of carbonyl (C=O) groups is 2. The van der Waals surface area contributed by atoms with Crippen molar-refractivity contribution in [3.63, 3.8) is 0 Å². The Morgan fingerprint density at radius 1 is 1.47 bits per heavy atom. The van der Waals surface area contributed by atoms with Crippen LogP contribution in [0.4, 0.5) is 0 Å². The van der Waals surface area contributed by atoms with Crippen molar-refractivity contribution >= 4 is 35.1 Å². The Bertz CT molecular complexity index is 425. The SMILES string of the molecule is CC(O)C(NC(=O)c1cc(Cl)c(Cl)[nH]1)C(=O)O. The minimum Gasteiger partial charge on any atom is -0.480 e. The summed E-state index contributed by atoms with van der Waals surface area (Å²) >= 11 is 11.2. The molecule has 1 heterocycles. The van der Waals surface area contributed by atoms with Crippen molar-refractivity contribution in [2.24, 2.45) is 0 Å². The average molecular weight is 281 g/mol. The van der Waals surface area contributed by atoms with Crippen molar-refractivity contribution in [2.45, 2.75) is 19.1 Å². The Hall–Kier alpha value is -1.24. The van der Waals surface area contributed by atoms with Crippen LogP contribution in [0.5, 0.6) is 0 Å². The van der Waals surface area contributed by atoms with Gasteiger partial charge in [0, 0.05) is 0 Å². The summed E-state index contributed by atoms with van der Waals surface area (Å²) in [5.41, 5.74) is 0.0203. The summed E-state index contributed by atoms with van der Waals surface area (Å²) < 4.78 is 0. The van der Waals surface area contributed by atoms with E-state index < -0.39 is 24.0 Å². The van der Waals surface area contributed by atoms with Crippen LogP contribution in [0.15, 0.2) is 6.07 Å². The number of carboxylic acids is 1. The molecule has 1 aromatic heterocycles. The summed E-state index contributed by atoms with van der Waals surface area (Å²) in [4.78, 5) is 24.8. The molecule has 0 aliphatic carbocycles. The maximum absolute atomic E-state index is 11.6. The van der Waals surface area contributed by atoms with Gasteiger partial charge in [-0.15, -0.1) is 0 Å². The minimum absolute atomic E-state index is 0.0203. The van der Waals surface area contributed by atoms with Gasteiger partial charge >= 0.3 is 5.97 Å². The van der Waals surface area contributed by atoms with Crippen molar-refractivity contribution < 1.29 is 19.8 Å². The van der Waals surface area contributed by atoms with E-state index in [1.807, 2.05) is 0 Å². The monoisotopic (exact) mass is 280 g/mol. The zero-order valence-corrected chi connectivity index (χ0v) is 10.2. The number of halogens is 2. The molecule has 0 radical (unpaired) electrons. The fourth-order valence-corrected chi connectivity index (χ4v) is 1.45. The summed E-state index contributed by atoms with van der Waals surface area (Å²) in [6.45, 7) is 1.26. The highest BCUT2D eigenvalue weighted by atomic mass is 35.5. The summed E-state index contributed by atoms with van der Waals surface area (Å²) in [6, 6.07) is -0.136. The van der Waals surface area contributed by atoms with Gasteiger partial charge in [-0.05, 0) is 13.0 Å². The van der Waals surface area contributed by atoms with Crippen LogP contribution in [0, 0.1) is 0 Å². The molecule has 1 aromatic rings. The molecular weight excluding hydrogens is 271 g/mol. The highest BCUT2D eigenvalue weighted by Crippen LogP contribution is 2.21. The fraction of sp³-hybridized carbons (Fsp3) is 0.333. The van der Waals surface area contributed by atoms with Gasteiger partial charge < -0.3 is 20.5 Å². The second kappa shape index (κ2) is 5.39. The number of aliphatic hydroxyl groups is 1. The Kier molecular flexibility index (Phi) is 4.39. The minimum atomic E-state index is -1.40. The second-order valence-electron chi connectivity index (χ2n) is 3.37. The lowest BCUT2D eigenvalue weighted by Crippen LogP contribution is -2.47. The molecule has 2 unspecified atom stereocenters. The normalized spacial score (nSPS) is 14.1. The van der Waals surface area contributed by atoms with Crippen LogP contribution in [0.3, 0.4) is 0 Å². The number of aromatic amines is 1. The van der Waals surface area contributed by atoms with Gasteiger partial charge in [-0.3, -0.25) is 4.79 Å². The molecule has 0 aromatic carbocycles. The molecule has 94 valence electrons. The number of aromatic nitrogens is 1. The highest BCUT2D eigenvalue weighted by Gasteiger charge is 2.26. The Labute approximate surface area is 107 Å². The van der Waals surface area contributed by atoms with E-state index >= 15 is 0 Å². The van der Waals surface area contributed by atoms with Crippen LogP contribution in [0.1, 0.15) is 17.4 Å². The number of H-pyrrole nitrogens is 1. The third-order valence-corrected chi connectivity index (χ3v) is 2.70. The quantitative estimate of drug-likeness (QED) is 0.658. The number of carbonyl (C=O) groups excluding carboxylic acids is 1. The first-order chi connectivity index (χ1) is 7.82. The van der Waals surface area contributed by atoms with Crippen molar-refractivity contribution in [3.8, 4) is 0 Å². The smallest absolute Gasteiger partial charge is 0.328 e. The predicted molar refractivity (Wildman–Crippen MR) is 61.4 cm³/mol. The van der Waals surface area contributed by atoms with Gasteiger partial charge in [0.1, 0.15) is 10.8 Å². The number of carboxylic acid groups (broad SMARTS) is 1. The lowest BCUT2D eigenvalue weighted by atomic mass is 10.2. The van der Waals surface area contributed by atoms with Gasteiger partial charge in [-0.1, -0.05) is 23.2 Å². The molecule has 0 saturated carbocycles. The van der Waals surface area contributed by atoms with E-state index in [-0.39, 0.29) is 15.9 Å². The van der Waals surface area contributed by atoms with E-state index in [1.165, 1.54) is 13.0 Å². The molecule has 8 heteroatoms. The lowest BCUT2D eigenvalue weighted by Gasteiger charge is -2.16. The first-order valence-electron chi connectivity index (χ1n) is 4.58. The zero-order valence-electron chi connectivity index (χ0n) is 8.70. The van der Waals surface area contributed by atoms with E-state index in [9.17, 15) is 14.7 Å². The zero-order chi connectivity index (χ0) is 13.2. The second-order valence-corrected chi connectivity index (χ2v) is 4.16. The molecule has 2 atom stereocenters. The Balaban J connectivity index is 2.81. The van der Waals surface area contributed by atoms with Crippen molar-refractivity contribution in [1.29, 1.82) is 0 Å². The third kappa shape index (κ3) is 3.36. The summed E-state index contributed by atoms with van der Waals surface area (Å²) in [6.07, 6.45) is -1.22. The first kappa shape index (κ1) is 13.8. The van der Waals surface area contributed by atoms with Crippen LogP contribution >= 0.6 is 23.2 Å². The molecule has 1 rings (SSSR count). The first-order valence-corrected chi connectivity index (χ1v) is 5.34. The Morgan fingerprint density at radius 2 is 2.06 bits per heavy atom. The molecule has 0 aliphatic rings. The van der Waals surface area contributed by atoms with Crippen LogP contribution in [0.25, 0.3) is 0 Å². The molecule has 0 bridgehead atoms. The molecular formula is C9H10Cl2N2O4. The number of hydrogen-bond acceptors (Lipinski definition) is 3. The molecule has 17 heavy (non-hydrogen) atoms. The van der Waals surface area contributed by atoms with Crippen molar-refractivity contribution in [3.05, 3.63) is 21.9 Å². The van der Waals surface area contributed by atoms with Gasteiger partial charge in [0.2, 0.25) is 0 Å². The number of aliphatic hydroxyl groups excluding tert-OH is 1. The van der Waals surface area contributed by atoms with Crippen LogP contribution in [-0.2, 0) is 4.79 Å². The predicted octanol–water partition coefficient (Wildman–Crippen LogP) is 0.885. The van der Waals surface area contributed by atoms with Crippen molar-refractivity contribution in [1.82, 2.24) is 10.3 Å². The highest BCUT2D eigenvalue weighted by molar-refractivity contribution is 6.41. The summed E-state index contributed by atoms with van der Waals surface area (Å²) in [7, 11) is 0. The summed E-state index contributed by atoms with van der Waals surface area (Å²) in [5.74, 6) is -2.05. The molecule has 0 fully saturated rings. The van der Waals surface area contributed by atoms with Crippen LogP contribution < -0.4 is 5.32 Å². The molecule has 1 amide bonds. The molecule has 0 saturated heterocycles. The maximum Gasteiger partial charge on any atom is 0.328 e. The van der Waals surface area contributed by atoms with E-state index in [1.54, 1.807) is 0 Å². The van der Waals surface area contributed by atoms with Crippen molar-refractivity contribution in [2.75, 3.05) is 0 Å². The molecule has 4 N–H and O–H groups in total.